The largest absolute Gasteiger partial charge is 0.369 e. The van der Waals surface area contributed by atoms with Crippen LogP contribution in [0.2, 0.25) is 0 Å². The number of halogens is 3. The lowest BCUT2D eigenvalue weighted by Crippen LogP contribution is -2.11. The second-order valence-electron chi connectivity index (χ2n) is 7.03. The van der Waals surface area contributed by atoms with Crippen molar-refractivity contribution in [3.8, 4) is 0 Å². The van der Waals surface area contributed by atoms with Crippen LogP contribution in [0.3, 0.4) is 0 Å². The average Bonchev–Trinajstić information content (AvgIpc) is 3.02. The van der Waals surface area contributed by atoms with Gasteiger partial charge in [0.15, 0.2) is 0 Å². The molecule has 3 N–H and O–H groups in total. The van der Waals surface area contributed by atoms with E-state index in [0.717, 1.165) is 39.4 Å². The van der Waals surface area contributed by atoms with Crippen molar-refractivity contribution >= 4 is 72.8 Å². The maximum Gasteiger partial charge on any atom is 0.255 e. The van der Waals surface area contributed by atoms with E-state index in [-0.39, 0.29) is 18.3 Å². The summed E-state index contributed by atoms with van der Waals surface area (Å²) < 4.78 is 3.69. The predicted molar refractivity (Wildman–Crippen MR) is 136 cm³/mol. The molecule has 8 heteroatoms. The molecule has 0 saturated heterocycles. The molecular weight excluding hydrogens is 544 g/mol. The van der Waals surface area contributed by atoms with Gasteiger partial charge in [0.1, 0.15) is 0 Å². The van der Waals surface area contributed by atoms with Crippen LogP contribution >= 0.6 is 44.3 Å². The van der Waals surface area contributed by atoms with Crippen LogP contribution in [-0.2, 0) is 13.0 Å². The van der Waals surface area contributed by atoms with Crippen molar-refractivity contribution in [1.82, 2.24) is 9.55 Å². The summed E-state index contributed by atoms with van der Waals surface area (Å²) in [6.45, 7) is 0.787. The number of benzene rings is 3. The summed E-state index contributed by atoms with van der Waals surface area (Å²) in [4.78, 5) is 17.1. The summed E-state index contributed by atoms with van der Waals surface area (Å²) in [6, 6.07) is 21.5. The first-order valence-electron chi connectivity index (χ1n) is 9.57. The normalized spacial score (nSPS) is 10.6. The molecule has 1 amide bonds. The van der Waals surface area contributed by atoms with Crippen LogP contribution in [0.4, 0.5) is 11.6 Å². The quantitative estimate of drug-likeness (QED) is 0.283. The molecule has 0 spiro atoms. The first kappa shape index (κ1) is 23.3. The van der Waals surface area contributed by atoms with Gasteiger partial charge in [-0.25, -0.2) is 4.98 Å². The molecule has 0 atom stereocenters. The molecule has 0 aliphatic carbocycles. The number of nitrogens with one attached hydrogen (secondary N) is 1. The van der Waals surface area contributed by atoms with E-state index >= 15 is 0 Å². The molecule has 160 valence electrons. The van der Waals surface area contributed by atoms with E-state index in [4.69, 9.17) is 5.73 Å². The van der Waals surface area contributed by atoms with Gasteiger partial charge in [0.2, 0.25) is 5.95 Å². The second kappa shape index (κ2) is 10.3. The Labute approximate surface area is 203 Å². The summed E-state index contributed by atoms with van der Waals surface area (Å²) >= 11 is 6.82. The highest BCUT2D eigenvalue weighted by molar-refractivity contribution is 9.11. The molecule has 0 aliphatic rings. The monoisotopic (exact) mass is 562 g/mol. The molecule has 5 nitrogen and oxygen atoms in total. The number of nitrogen functional groups attached to an aromatic ring is 1. The number of anilines is 2. The second-order valence-corrected chi connectivity index (χ2v) is 8.86. The number of hydrogen-bond donors (Lipinski definition) is 2. The van der Waals surface area contributed by atoms with Gasteiger partial charge < -0.3 is 15.6 Å². The van der Waals surface area contributed by atoms with Crippen molar-refractivity contribution in [2.24, 2.45) is 0 Å². The highest BCUT2D eigenvalue weighted by atomic mass is 79.9. The Morgan fingerprint density at radius 2 is 1.71 bits per heavy atom. The third-order valence-electron chi connectivity index (χ3n) is 4.85. The summed E-state index contributed by atoms with van der Waals surface area (Å²) in [6.07, 6.45) is 1.95. The molecule has 0 bridgehead atoms. The van der Waals surface area contributed by atoms with Gasteiger partial charge in [-0.15, -0.1) is 12.4 Å². The van der Waals surface area contributed by atoms with Gasteiger partial charge in [0.05, 0.1) is 11.0 Å². The summed E-state index contributed by atoms with van der Waals surface area (Å²) in [5, 5.41) is 2.93. The molecule has 0 unspecified atom stereocenters. The minimum Gasteiger partial charge on any atom is -0.369 e. The Morgan fingerprint density at radius 1 is 1.00 bits per heavy atom. The predicted octanol–water partition coefficient (Wildman–Crippen LogP) is 6.45. The van der Waals surface area contributed by atoms with Gasteiger partial charge in [-0.2, -0.15) is 0 Å². The fourth-order valence-electron chi connectivity index (χ4n) is 3.44. The fourth-order valence-corrected chi connectivity index (χ4v) is 4.73. The number of aromatic nitrogens is 2. The standard InChI is InChI=1S/C23H20Br2N4O.ClH/c24-17-11-16(12-18(25)13-17)22(30)27-19-8-9-21-20(14-19)28-23(26)29(21)10-4-7-15-5-2-1-3-6-15;/h1-3,5-6,8-9,11-14H,4,7,10H2,(H2,26,28)(H,27,30);1H. The van der Waals surface area contributed by atoms with E-state index in [0.29, 0.717) is 17.2 Å². The topological polar surface area (TPSA) is 72.9 Å². The van der Waals surface area contributed by atoms with Crippen LogP contribution in [0.5, 0.6) is 0 Å². The first-order valence-corrected chi connectivity index (χ1v) is 11.2. The smallest absolute Gasteiger partial charge is 0.255 e. The SMILES string of the molecule is Cl.Nc1nc2cc(NC(=O)c3cc(Br)cc(Br)c3)ccc2n1CCCc1ccccc1. The van der Waals surface area contributed by atoms with Crippen LogP contribution in [0.1, 0.15) is 22.3 Å². The Balaban J connectivity index is 0.00000272. The van der Waals surface area contributed by atoms with Crippen molar-refractivity contribution in [2.45, 2.75) is 19.4 Å². The number of nitrogens with zero attached hydrogens (tertiary/aromatic N) is 2. The highest BCUT2D eigenvalue weighted by Crippen LogP contribution is 2.24. The molecule has 1 heterocycles. The number of rotatable bonds is 6. The average molecular weight is 565 g/mol. The molecule has 3 aromatic carbocycles. The number of carbonyl (C=O) groups is 1. The Bertz CT molecular complexity index is 1190. The number of fused-ring (bicyclic) bond motifs is 1. The van der Waals surface area contributed by atoms with Crippen molar-refractivity contribution in [1.29, 1.82) is 0 Å². The number of imidazole rings is 1. The minimum atomic E-state index is -0.188. The Kier molecular flexibility index (Phi) is 7.75. The van der Waals surface area contributed by atoms with Crippen molar-refractivity contribution < 1.29 is 4.79 Å². The van der Waals surface area contributed by atoms with E-state index in [1.54, 1.807) is 12.1 Å². The molecule has 0 saturated carbocycles. The van der Waals surface area contributed by atoms with Crippen LogP contribution in [0.25, 0.3) is 11.0 Å². The van der Waals surface area contributed by atoms with Gasteiger partial charge in [-0.05, 0) is 54.8 Å². The summed E-state index contributed by atoms with van der Waals surface area (Å²) in [7, 11) is 0. The van der Waals surface area contributed by atoms with E-state index in [1.807, 2.05) is 34.9 Å². The number of amides is 1. The van der Waals surface area contributed by atoms with E-state index in [1.165, 1.54) is 5.56 Å². The van der Waals surface area contributed by atoms with Gasteiger partial charge in [-0.3, -0.25) is 4.79 Å². The molecule has 0 fully saturated rings. The Hall–Kier alpha value is -2.35. The lowest BCUT2D eigenvalue weighted by atomic mass is 10.1. The molecule has 1 aromatic heterocycles. The fraction of sp³-hybridized carbons (Fsp3) is 0.130. The van der Waals surface area contributed by atoms with Crippen LogP contribution in [0.15, 0.2) is 75.7 Å². The van der Waals surface area contributed by atoms with E-state index in [2.05, 4.69) is 66.4 Å². The zero-order valence-electron chi connectivity index (χ0n) is 16.5. The molecule has 4 aromatic rings. The lowest BCUT2D eigenvalue weighted by Gasteiger charge is -2.08. The van der Waals surface area contributed by atoms with Crippen molar-refractivity contribution in [2.75, 3.05) is 11.1 Å². The number of nitrogens with two attached hydrogens (primary N) is 1. The number of aryl methyl sites for hydroxylation is 2. The third-order valence-corrected chi connectivity index (χ3v) is 5.77. The molecule has 0 aliphatic heterocycles. The first-order chi connectivity index (χ1) is 14.5. The van der Waals surface area contributed by atoms with Crippen LogP contribution in [-0.4, -0.2) is 15.5 Å². The van der Waals surface area contributed by atoms with Gasteiger partial charge in [0, 0.05) is 26.7 Å². The van der Waals surface area contributed by atoms with Gasteiger partial charge >= 0.3 is 0 Å². The van der Waals surface area contributed by atoms with Crippen molar-refractivity contribution in [3.63, 3.8) is 0 Å². The zero-order chi connectivity index (χ0) is 21.1. The molecule has 0 radical (unpaired) electrons. The van der Waals surface area contributed by atoms with Gasteiger partial charge in [0.25, 0.3) is 5.91 Å². The summed E-state index contributed by atoms with van der Waals surface area (Å²) in [5.74, 6) is 0.295. The highest BCUT2D eigenvalue weighted by Gasteiger charge is 2.12. The third kappa shape index (κ3) is 5.67. The van der Waals surface area contributed by atoms with Crippen LogP contribution < -0.4 is 11.1 Å². The maximum atomic E-state index is 12.6. The number of carbonyl (C=O) groups excluding carboxylic acids is 1. The minimum absolute atomic E-state index is 0. The van der Waals surface area contributed by atoms with Crippen LogP contribution in [0, 0.1) is 0 Å². The maximum absolute atomic E-state index is 12.6. The van der Waals surface area contributed by atoms with E-state index < -0.39 is 0 Å². The number of hydrogen-bond acceptors (Lipinski definition) is 3. The van der Waals surface area contributed by atoms with E-state index in [9.17, 15) is 4.79 Å². The van der Waals surface area contributed by atoms with Crippen molar-refractivity contribution in [3.05, 3.63) is 86.8 Å². The summed E-state index contributed by atoms with van der Waals surface area (Å²) in [5.41, 5.74) is 10.4. The molecular formula is C23H21Br2ClN4O. The lowest BCUT2D eigenvalue weighted by molar-refractivity contribution is 0.102. The Morgan fingerprint density at radius 3 is 2.42 bits per heavy atom. The molecule has 4 rings (SSSR count). The van der Waals surface area contributed by atoms with Gasteiger partial charge in [-0.1, -0.05) is 62.2 Å². The zero-order valence-corrected chi connectivity index (χ0v) is 20.5. The molecule has 31 heavy (non-hydrogen) atoms.